The van der Waals surface area contributed by atoms with Gasteiger partial charge in [0.15, 0.2) is 0 Å². The van der Waals surface area contributed by atoms with Crippen LogP contribution in [0, 0.1) is 0 Å². The fourth-order valence-corrected chi connectivity index (χ4v) is 0. The Balaban J connectivity index is -0.0000000150. The normalized spacial score (nSPS) is 3.43. The predicted molar refractivity (Wildman–Crippen MR) is 28.2 cm³/mol. The van der Waals surface area contributed by atoms with E-state index in [2.05, 4.69) is 0 Å². The van der Waals surface area contributed by atoms with Crippen molar-refractivity contribution in [1.29, 1.82) is 0 Å². The first-order valence-corrected chi connectivity index (χ1v) is 0.612. The standard InChI is InChI=1S/CH2O3.3Ca.4H/c2-1(3)4;;;;;;;/h(H2,2,3,4);;;;;;;/q;;;+2;;;;/p-2. The Kier molecular flexibility index (Phi) is 51.5. The Bertz CT molecular complexity index is 33.2. The Morgan fingerprint density at radius 2 is 1.14 bits per heavy atom. The van der Waals surface area contributed by atoms with Gasteiger partial charge in [0.2, 0.25) is 0 Å². The van der Waals surface area contributed by atoms with E-state index < -0.39 is 6.16 Å². The molecule has 0 saturated carbocycles. The third-order valence-electron chi connectivity index (χ3n) is 0. The fraction of sp³-hybridized carbons (Fsp3) is 0. The fourth-order valence-electron chi connectivity index (χ4n) is 0. The zero-order chi connectivity index (χ0) is 3.58. The molecule has 0 aromatic rings. The first-order chi connectivity index (χ1) is 1.73. The van der Waals surface area contributed by atoms with Crippen LogP contribution >= 0.6 is 0 Å². The second-order valence-electron chi connectivity index (χ2n) is 0.250. The molecule has 0 aromatic carbocycles. The molecule has 0 amide bonds. The molecular formula is CH4Ca3O3. The summed E-state index contributed by atoms with van der Waals surface area (Å²) in [5, 5.41) is 16.7. The zero-order valence-electron chi connectivity index (χ0n) is 2.43. The van der Waals surface area contributed by atoms with Gasteiger partial charge in [-0.15, -0.1) is 0 Å². The van der Waals surface area contributed by atoms with E-state index in [1.165, 1.54) is 0 Å². The summed E-state index contributed by atoms with van der Waals surface area (Å²) in [6, 6.07) is 0. The molecule has 0 aromatic heterocycles. The van der Waals surface area contributed by atoms with Crippen LogP contribution in [0.15, 0.2) is 0 Å². The van der Waals surface area contributed by atoms with Crippen LogP contribution in [0.3, 0.4) is 0 Å². The van der Waals surface area contributed by atoms with Crippen molar-refractivity contribution in [3.05, 3.63) is 0 Å². The summed E-state index contributed by atoms with van der Waals surface area (Å²) in [5.74, 6) is 0. The first kappa shape index (κ1) is 22.5. The van der Waals surface area contributed by atoms with Crippen molar-refractivity contribution >= 4 is 119 Å². The molecule has 0 saturated heterocycles. The van der Waals surface area contributed by atoms with Gasteiger partial charge in [-0.25, -0.2) is 0 Å². The molecule has 0 rings (SSSR count). The van der Waals surface area contributed by atoms with Crippen molar-refractivity contribution in [3.63, 3.8) is 0 Å². The summed E-state index contributed by atoms with van der Waals surface area (Å²) in [4.78, 5) is 8.33. The second-order valence-corrected chi connectivity index (χ2v) is 0.250. The molecule has 6 heteroatoms. The summed E-state index contributed by atoms with van der Waals surface area (Å²) < 4.78 is 0. The number of carbonyl (C=O) groups is 1. The van der Waals surface area contributed by atoms with Crippen LogP contribution in [-0.2, 0) is 0 Å². The summed E-state index contributed by atoms with van der Waals surface area (Å²) in [7, 11) is 0. The quantitative estimate of drug-likeness (QED) is 0.356. The van der Waals surface area contributed by atoms with E-state index in [0.29, 0.717) is 0 Å². The Morgan fingerprint density at radius 3 is 1.14 bits per heavy atom. The molecule has 0 aliphatic heterocycles. The van der Waals surface area contributed by atoms with Crippen molar-refractivity contribution < 1.29 is 15.0 Å². The van der Waals surface area contributed by atoms with Gasteiger partial charge in [0.1, 0.15) is 0 Å². The van der Waals surface area contributed by atoms with Gasteiger partial charge < -0.3 is 15.0 Å². The zero-order valence-corrected chi connectivity index (χ0v) is 4.64. The molecule has 0 atom stereocenters. The maximum atomic E-state index is 8.33. The monoisotopic (exact) mass is 184 g/mol. The molecule has 3 nitrogen and oxygen atoms in total. The van der Waals surface area contributed by atoms with Gasteiger partial charge in [-0.1, -0.05) is 0 Å². The second kappa shape index (κ2) is 16.0. The molecule has 0 spiro atoms. The average Bonchev–Trinajstić information content (AvgIpc) is 0.811. The van der Waals surface area contributed by atoms with Crippen molar-refractivity contribution in [2.75, 3.05) is 0 Å². The molecule has 32 valence electrons. The van der Waals surface area contributed by atoms with E-state index in [1.54, 1.807) is 0 Å². The van der Waals surface area contributed by atoms with E-state index in [1.807, 2.05) is 0 Å². The number of carboxylic acid groups (broad SMARTS) is 2. The van der Waals surface area contributed by atoms with Crippen molar-refractivity contribution in [3.8, 4) is 0 Å². The van der Waals surface area contributed by atoms with Crippen LogP contribution in [0.4, 0.5) is 4.79 Å². The van der Waals surface area contributed by atoms with Crippen molar-refractivity contribution in [2.24, 2.45) is 0 Å². The number of carbonyl (C=O) groups excluding carboxylic acids is 1. The maximum absolute atomic E-state index is 8.33. The molecule has 0 aliphatic carbocycles. The van der Waals surface area contributed by atoms with Crippen LogP contribution in [0.2, 0.25) is 0 Å². The molecular weight excluding hydrogens is 180 g/mol. The number of rotatable bonds is 0. The van der Waals surface area contributed by atoms with Gasteiger partial charge in [-0.05, 0) is 6.16 Å². The van der Waals surface area contributed by atoms with E-state index in [0.717, 1.165) is 0 Å². The van der Waals surface area contributed by atoms with Gasteiger partial charge in [0.25, 0.3) is 0 Å². The molecule has 0 radical (unpaired) electrons. The third kappa shape index (κ3) is 48.4. The van der Waals surface area contributed by atoms with Crippen LogP contribution in [0.5, 0.6) is 0 Å². The Hall–Kier alpha value is 3.05. The molecule has 0 bridgehead atoms. The van der Waals surface area contributed by atoms with Gasteiger partial charge in [0.05, 0.1) is 0 Å². The SMILES string of the molecule is O=C([O-])[O-].[Ca+2].[CaH2].[CaH2]. The van der Waals surface area contributed by atoms with E-state index in [-0.39, 0.29) is 113 Å². The molecule has 0 heterocycles. The molecule has 0 unspecified atom stereocenters. The average molecular weight is 184 g/mol. The summed E-state index contributed by atoms with van der Waals surface area (Å²) in [6.07, 6.45) is -2.33. The predicted octanol–water partition coefficient (Wildman–Crippen LogP) is -4.66. The van der Waals surface area contributed by atoms with Crippen LogP contribution in [0.1, 0.15) is 0 Å². The topological polar surface area (TPSA) is 63.2 Å². The van der Waals surface area contributed by atoms with Gasteiger partial charge in [0, 0.05) is 0 Å². The summed E-state index contributed by atoms with van der Waals surface area (Å²) in [6.45, 7) is 0. The van der Waals surface area contributed by atoms with E-state index in [4.69, 9.17) is 15.0 Å². The number of hydrogen-bond donors (Lipinski definition) is 0. The van der Waals surface area contributed by atoms with Crippen LogP contribution < -0.4 is 10.2 Å². The Labute approximate surface area is 131 Å². The van der Waals surface area contributed by atoms with Crippen LogP contribution in [-0.4, -0.2) is 119 Å². The molecule has 0 aliphatic rings. The third-order valence-corrected chi connectivity index (χ3v) is 0. The van der Waals surface area contributed by atoms with Gasteiger partial charge in [-0.3, -0.25) is 0 Å². The first-order valence-electron chi connectivity index (χ1n) is 0.612. The minimum absolute atomic E-state index is 0. The van der Waals surface area contributed by atoms with Crippen molar-refractivity contribution in [2.45, 2.75) is 0 Å². The van der Waals surface area contributed by atoms with Gasteiger partial charge >= 0.3 is 113 Å². The molecule has 0 N–H and O–H groups in total. The summed E-state index contributed by atoms with van der Waals surface area (Å²) >= 11 is 0. The number of hydrogen-bond acceptors (Lipinski definition) is 3. The Morgan fingerprint density at radius 1 is 1.14 bits per heavy atom. The van der Waals surface area contributed by atoms with E-state index in [9.17, 15) is 0 Å². The van der Waals surface area contributed by atoms with Gasteiger partial charge in [-0.2, -0.15) is 0 Å². The van der Waals surface area contributed by atoms with E-state index >= 15 is 0 Å². The summed E-state index contributed by atoms with van der Waals surface area (Å²) in [5.41, 5.74) is 0. The minimum atomic E-state index is -2.33. The molecule has 0 fully saturated rings. The van der Waals surface area contributed by atoms with Crippen molar-refractivity contribution in [1.82, 2.24) is 0 Å². The molecule has 7 heavy (non-hydrogen) atoms. The van der Waals surface area contributed by atoms with Crippen LogP contribution in [0.25, 0.3) is 0 Å².